The molecular formula is C11H19Cl2N. The van der Waals surface area contributed by atoms with E-state index in [0.29, 0.717) is 11.6 Å². The molecule has 0 saturated heterocycles. The van der Waals surface area contributed by atoms with E-state index in [1.165, 1.54) is 44.1 Å². The maximum absolute atomic E-state index is 5.75. The van der Waals surface area contributed by atoms with Crippen LogP contribution >= 0.6 is 23.2 Å². The van der Waals surface area contributed by atoms with Crippen LogP contribution in [-0.4, -0.2) is 13.1 Å². The van der Waals surface area contributed by atoms with E-state index in [4.69, 9.17) is 23.2 Å². The lowest BCUT2D eigenvalue weighted by atomic mass is 9.87. The van der Waals surface area contributed by atoms with E-state index in [1.807, 2.05) is 0 Å². The van der Waals surface area contributed by atoms with Crippen LogP contribution in [0.2, 0.25) is 0 Å². The Morgan fingerprint density at radius 3 is 2.64 bits per heavy atom. The molecule has 1 aliphatic rings. The predicted molar refractivity (Wildman–Crippen MR) is 63.9 cm³/mol. The van der Waals surface area contributed by atoms with Crippen molar-refractivity contribution < 1.29 is 0 Å². The summed E-state index contributed by atoms with van der Waals surface area (Å²) in [5.74, 6) is 0.940. The third-order valence-corrected chi connectivity index (χ3v) is 3.48. The monoisotopic (exact) mass is 235 g/mol. The van der Waals surface area contributed by atoms with Gasteiger partial charge in [0, 0.05) is 17.1 Å². The van der Waals surface area contributed by atoms with E-state index in [2.05, 4.69) is 5.32 Å². The molecule has 0 atom stereocenters. The van der Waals surface area contributed by atoms with Gasteiger partial charge >= 0.3 is 0 Å². The van der Waals surface area contributed by atoms with Gasteiger partial charge in [-0.25, -0.2) is 0 Å². The predicted octanol–water partition coefficient (Wildman–Crippen LogP) is 3.87. The number of nitrogens with one attached hydrogen (secondary N) is 1. The second kappa shape index (κ2) is 7.56. The molecular weight excluding hydrogens is 217 g/mol. The maximum Gasteiger partial charge on any atom is 0.0431 e. The Morgan fingerprint density at radius 2 is 2.00 bits per heavy atom. The van der Waals surface area contributed by atoms with Crippen LogP contribution in [0.3, 0.4) is 0 Å². The van der Waals surface area contributed by atoms with Gasteiger partial charge in [0.2, 0.25) is 0 Å². The Labute approximate surface area is 96.8 Å². The van der Waals surface area contributed by atoms with E-state index in [0.717, 1.165) is 12.5 Å². The van der Waals surface area contributed by atoms with Gasteiger partial charge in [-0.15, -0.1) is 0 Å². The summed E-state index contributed by atoms with van der Waals surface area (Å²) in [6.07, 6.45) is 8.40. The molecule has 0 heterocycles. The molecule has 0 amide bonds. The van der Waals surface area contributed by atoms with Gasteiger partial charge in [0.15, 0.2) is 0 Å². The minimum atomic E-state index is 0.690. The first-order valence-corrected chi connectivity index (χ1v) is 6.30. The molecule has 0 aliphatic heterocycles. The van der Waals surface area contributed by atoms with Crippen molar-refractivity contribution in [2.75, 3.05) is 13.1 Å². The fourth-order valence-corrected chi connectivity index (χ4v) is 2.20. The van der Waals surface area contributed by atoms with E-state index in [1.54, 1.807) is 0 Å². The smallest absolute Gasteiger partial charge is 0.0431 e. The zero-order valence-corrected chi connectivity index (χ0v) is 10.1. The molecule has 0 aromatic heterocycles. The maximum atomic E-state index is 5.75. The van der Waals surface area contributed by atoms with Crippen LogP contribution in [0.5, 0.6) is 0 Å². The van der Waals surface area contributed by atoms with Gasteiger partial charge < -0.3 is 5.32 Å². The van der Waals surface area contributed by atoms with E-state index in [9.17, 15) is 0 Å². The molecule has 0 unspecified atom stereocenters. The Bertz CT molecular complexity index is 174. The highest BCUT2D eigenvalue weighted by molar-refractivity contribution is 6.36. The fourth-order valence-electron chi connectivity index (χ4n) is 2.03. The van der Waals surface area contributed by atoms with Crippen LogP contribution in [0, 0.1) is 5.92 Å². The number of hydrogen-bond donors (Lipinski definition) is 1. The Morgan fingerprint density at radius 1 is 1.29 bits per heavy atom. The van der Waals surface area contributed by atoms with Crippen LogP contribution < -0.4 is 5.32 Å². The quantitative estimate of drug-likeness (QED) is 0.714. The topological polar surface area (TPSA) is 12.0 Å². The van der Waals surface area contributed by atoms with Gasteiger partial charge in [-0.3, -0.25) is 0 Å². The van der Waals surface area contributed by atoms with Crippen molar-refractivity contribution in [3.63, 3.8) is 0 Å². The van der Waals surface area contributed by atoms with Gasteiger partial charge in [-0.1, -0.05) is 55.3 Å². The highest BCUT2D eigenvalue weighted by Gasteiger charge is 2.12. The van der Waals surface area contributed by atoms with Crippen LogP contribution in [0.1, 0.15) is 38.5 Å². The van der Waals surface area contributed by atoms with Crippen LogP contribution in [0.15, 0.2) is 10.6 Å². The van der Waals surface area contributed by atoms with Crippen LogP contribution in [0.4, 0.5) is 0 Å². The molecule has 0 aromatic rings. The molecule has 1 nitrogen and oxygen atoms in total. The Hall–Kier alpha value is 0.280. The van der Waals surface area contributed by atoms with Crippen molar-refractivity contribution in [1.29, 1.82) is 0 Å². The van der Waals surface area contributed by atoms with Crippen molar-refractivity contribution in [3.8, 4) is 0 Å². The molecule has 0 radical (unpaired) electrons. The summed E-state index contributed by atoms with van der Waals surface area (Å²) < 4.78 is 0. The molecule has 14 heavy (non-hydrogen) atoms. The summed E-state index contributed by atoms with van der Waals surface area (Å²) in [4.78, 5) is 0. The summed E-state index contributed by atoms with van der Waals surface area (Å²) in [7, 11) is 0. The zero-order valence-electron chi connectivity index (χ0n) is 8.57. The largest absolute Gasteiger partial charge is 0.312 e. The highest BCUT2D eigenvalue weighted by atomic mass is 35.5. The normalized spacial score (nSPS) is 20.0. The lowest BCUT2D eigenvalue weighted by molar-refractivity contribution is 0.335. The number of halogens is 2. The van der Waals surface area contributed by atoms with Crippen molar-refractivity contribution in [3.05, 3.63) is 10.6 Å². The van der Waals surface area contributed by atoms with Crippen molar-refractivity contribution in [1.82, 2.24) is 5.32 Å². The molecule has 1 N–H and O–H groups in total. The van der Waals surface area contributed by atoms with E-state index < -0.39 is 0 Å². The molecule has 1 rings (SSSR count). The van der Waals surface area contributed by atoms with Gasteiger partial charge in [0.05, 0.1) is 0 Å². The average Bonchev–Trinajstić information content (AvgIpc) is 2.25. The second-order valence-electron chi connectivity index (χ2n) is 4.03. The summed E-state index contributed by atoms with van der Waals surface area (Å²) in [5, 5.41) is 3.99. The van der Waals surface area contributed by atoms with Crippen molar-refractivity contribution in [2.45, 2.75) is 38.5 Å². The molecule has 3 heteroatoms. The summed E-state index contributed by atoms with van der Waals surface area (Å²) in [5.41, 5.74) is 1.43. The first kappa shape index (κ1) is 12.4. The molecule has 0 aromatic carbocycles. The fraction of sp³-hybridized carbons (Fsp3) is 0.818. The summed E-state index contributed by atoms with van der Waals surface area (Å²) in [6.45, 7) is 1.77. The number of rotatable bonds is 5. The molecule has 1 fully saturated rings. The number of hydrogen-bond acceptors (Lipinski definition) is 1. The zero-order chi connectivity index (χ0) is 10.2. The standard InChI is InChI=1S/C11H19Cl2N/c12-8-11(13)9-14-7-6-10-4-2-1-3-5-10/h8,10,14H,1-7,9H2. The lowest BCUT2D eigenvalue weighted by Gasteiger charge is -2.21. The minimum absolute atomic E-state index is 0.690. The summed E-state index contributed by atoms with van der Waals surface area (Å²) >= 11 is 11.2. The van der Waals surface area contributed by atoms with Gasteiger partial charge in [0.1, 0.15) is 0 Å². The third-order valence-electron chi connectivity index (χ3n) is 2.87. The SMILES string of the molecule is ClC=C(Cl)CNCCC1CCCCC1. The molecule has 1 saturated carbocycles. The van der Waals surface area contributed by atoms with Gasteiger partial charge in [-0.05, 0) is 18.9 Å². The van der Waals surface area contributed by atoms with E-state index >= 15 is 0 Å². The van der Waals surface area contributed by atoms with Gasteiger partial charge in [-0.2, -0.15) is 0 Å². The Kier molecular flexibility index (Phi) is 6.67. The Balaban J connectivity index is 1.97. The van der Waals surface area contributed by atoms with Crippen molar-refractivity contribution >= 4 is 23.2 Å². The molecule has 82 valence electrons. The highest BCUT2D eigenvalue weighted by Crippen LogP contribution is 2.25. The third kappa shape index (κ3) is 5.23. The van der Waals surface area contributed by atoms with Crippen molar-refractivity contribution in [2.24, 2.45) is 5.92 Å². The average molecular weight is 236 g/mol. The van der Waals surface area contributed by atoms with Crippen LogP contribution in [0.25, 0.3) is 0 Å². The summed E-state index contributed by atoms with van der Waals surface area (Å²) in [6, 6.07) is 0. The van der Waals surface area contributed by atoms with E-state index in [-0.39, 0.29) is 0 Å². The minimum Gasteiger partial charge on any atom is -0.312 e. The first-order chi connectivity index (χ1) is 6.83. The molecule has 0 bridgehead atoms. The molecule has 0 spiro atoms. The van der Waals surface area contributed by atoms with Gasteiger partial charge in [0.25, 0.3) is 0 Å². The molecule has 1 aliphatic carbocycles. The lowest BCUT2D eigenvalue weighted by Crippen LogP contribution is -2.20. The first-order valence-electron chi connectivity index (χ1n) is 5.48. The van der Waals surface area contributed by atoms with Crippen LogP contribution in [-0.2, 0) is 0 Å². The second-order valence-corrected chi connectivity index (χ2v) is 4.73.